The van der Waals surface area contributed by atoms with E-state index in [4.69, 9.17) is 0 Å². The van der Waals surface area contributed by atoms with Crippen molar-refractivity contribution in [1.82, 2.24) is 0 Å². The van der Waals surface area contributed by atoms with Crippen molar-refractivity contribution in [3.8, 4) is 0 Å². The predicted octanol–water partition coefficient (Wildman–Crippen LogP) is 2.19. The summed E-state index contributed by atoms with van der Waals surface area (Å²) in [6, 6.07) is 0. The molecule has 1 nitrogen and oxygen atoms in total. The number of fused-ring (bicyclic) bond motifs is 1. The largest absolute Gasteiger partial charge is 0.392 e. The molecule has 2 aliphatic rings. The van der Waals surface area contributed by atoms with Crippen molar-refractivity contribution in [3.63, 3.8) is 0 Å². The Kier molecular flexibility index (Phi) is 1.54. The highest BCUT2D eigenvalue weighted by atomic mass is 16.3. The van der Waals surface area contributed by atoms with Crippen LogP contribution in [-0.4, -0.2) is 11.2 Å². The molecule has 1 heteroatoms. The van der Waals surface area contributed by atoms with Gasteiger partial charge in [-0.25, -0.2) is 0 Å². The quantitative estimate of drug-likeness (QED) is 0.614. The van der Waals surface area contributed by atoms with Crippen LogP contribution in [0.1, 0.15) is 39.5 Å². The first kappa shape index (κ1) is 7.60. The van der Waals surface area contributed by atoms with Gasteiger partial charge >= 0.3 is 0 Å². The highest BCUT2D eigenvalue weighted by Crippen LogP contribution is 2.60. The molecule has 2 rings (SSSR count). The summed E-state index contributed by atoms with van der Waals surface area (Å²) in [7, 11) is 0. The predicted molar refractivity (Wildman–Crippen MR) is 45.2 cm³/mol. The van der Waals surface area contributed by atoms with Gasteiger partial charge in [0, 0.05) is 0 Å². The summed E-state index contributed by atoms with van der Waals surface area (Å²) in [5.74, 6) is 1.52. The third-order valence-corrected chi connectivity index (χ3v) is 4.26. The summed E-state index contributed by atoms with van der Waals surface area (Å²) in [4.78, 5) is 0. The molecular weight excluding hydrogens is 136 g/mol. The molecule has 0 spiro atoms. The van der Waals surface area contributed by atoms with Crippen molar-refractivity contribution in [3.05, 3.63) is 0 Å². The van der Waals surface area contributed by atoms with E-state index in [1.54, 1.807) is 0 Å². The molecule has 0 amide bonds. The number of rotatable bonds is 1. The molecule has 0 bridgehead atoms. The van der Waals surface area contributed by atoms with Crippen LogP contribution in [0.4, 0.5) is 0 Å². The number of aliphatic hydroxyl groups excluding tert-OH is 1. The van der Waals surface area contributed by atoms with Gasteiger partial charge in [0.1, 0.15) is 0 Å². The Bertz CT molecular complexity index is 166. The van der Waals surface area contributed by atoms with Gasteiger partial charge in [-0.2, -0.15) is 0 Å². The lowest BCUT2D eigenvalue weighted by Gasteiger charge is -2.55. The first-order valence-electron chi connectivity index (χ1n) is 4.88. The first-order chi connectivity index (χ1) is 5.20. The van der Waals surface area contributed by atoms with Crippen molar-refractivity contribution in [1.29, 1.82) is 0 Å². The zero-order chi connectivity index (χ0) is 8.06. The highest BCUT2D eigenvalue weighted by Gasteiger charge is 2.58. The third-order valence-electron chi connectivity index (χ3n) is 4.26. The van der Waals surface area contributed by atoms with Gasteiger partial charge < -0.3 is 5.11 Å². The molecule has 2 fully saturated rings. The Labute approximate surface area is 68.8 Å². The molecule has 0 aromatic carbocycles. The topological polar surface area (TPSA) is 20.2 Å². The van der Waals surface area contributed by atoms with E-state index in [-0.39, 0.29) is 11.5 Å². The second-order valence-electron chi connectivity index (χ2n) is 4.51. The Morgan fingerprint density at radius 3 is 2.82 bits per heavy atom. The average molecular weight is 154 g/mol. The van der Waals surface area contributed by atoms with E-state index in [0.29, 0.717) is 5.92 Å². The molecule has 1 N–H and O–H groups in total. The molecular formula is C10H18O. The summed E-state index contributed by atoms with van der Waals surface area (Å²) >= 11 is 0. The molecule has 64 valence electrons. The van der Waals surface area contributed by atoms with Crippen LogP contribution in [0.2, 0.25) is 0 Å². The fraction of sp³-hybridized carbons (Fsp3) is 1.00. The van der Waals surface area contributed by atoms with Gasteiger partial charge in [0.25, 0.3) is 0 Å². The maximum atomic E-state index is 9.84. The van der Waals surface area contributed by atoms with Crippen LogP contribution < -0.4 is 0 Å². The first-order valence-corrected chi connectivity index (χ1v) is 4.88. The van der Waals surface area contributed by atoms with Crippen molar-refractivity contribution >= 4 is 0 Å². The minimum Gasteiger partial charge on any atom is -0.392 e. The summed E-state index contributed by atoms with van der Waals surface area (Å²) in [6.45, 7) is 4.46. The average Bonchev–Trinajstić information content (AvgIpc) is 2.48. The minimum absolute atomic E-state index is 0.0139. The van der Waals surface area contributed by atoms with E-state index in [2.05, 4.69) is 13.8 Å². The van der Waals surface area contributed by atoms with E-state index < -0.39 is 0 Å². The van der Waals surface area contributed by atoms with Crippen molar-refractivity contribution < 1.29 is 5.11 Å². The Balaban J connectivity index is 2.14. The molecule has 11 heavy (non-hydrogen) atoms. The normalized spacial score (nSPS) is 55.4. The molecule has 2 saturated carbocycles. The van der Waals surface area contributed by atoms with Crippen LogP contribution in [0.15, 0.2) is 0 Å². The van der Waals surface area contributed by atoms with E-state index in [0.717, 1.165) is 12.3 Å². The molecule has 0 aromatic rings. The molecule has 0 aromatic heterocycles. The smallest absolute Gasteiger partial charge is 0.0627 e. The van der Waals surface area contributed by atoms with E-state index >= 15 is 0 Å². The Hall–Kier alpha value is -0.0400. The molecule has 4 unspecified atom stereocenters. The Morgan fingerprint density at radius 2 is 2.18 bits per heavy atom. The maximum Gasteiger partial charge on any atom is 0.0627 e. The van der Waals surface area contributed by atoms with Gasteiger partial charge in [-0.1, -0.05) is 20.3 Å². The van der Waals surface area contributed by atoms with E-state index in [1.165, 1.54) is 19.3 Å². The molecule has 0 saturated heterocycles. The lowest BCUT2D eigenvalue weighted by molar-refractivity contribution is -0.157. The van der Waals surface area contributed by atoms with Crippen LogP contribution in [0.3, 0.4) is 0 Å². The number of aliphatic hydroxyl groups is 1. The lowest BCUT2D eigenvalue weighted by Crippen LogP contribution is -2.56. The second-order valence-corrected chi connectivity index (χ2v) is 4.51. The van der Waals surface area contributed by atoms with Crippen LogP contribution in [0.5, 0.6) is 0 Å². The van der Waals surface area contributed by atoms with E-state index in [1.807, 2.05) is 0 Å². The summed E-state index contributed by atoms with van der Waals surface area (Å²) < 4.78 is 0. The zero-order valence-electron chi connectivity index (χ0n) is 7.51. The maximum absolute atomic E-state index is 9.84. The summed E-state index contributed by atoms with van der Waals surface area (Å²) in [5, 5.41) is 9.84. The SMILES string of the molecule is CCC1(C)C(O)C2CCCC21. The monoisotopic (exact) mass is 154 g/mol. The zero-order valence-corrected chi connectivity index (χ0v) is 7.51. The van der Waals surface area contributed by atoms with Gasteiger partial charge in [-0.3, -0.25) is 0 Å². The summed E-state index contributed by atoms with van der Waals surface area (Å²) in [6.07, 6.45) is 5.16. The minimum atomic E-state index is 0.0139. The number of hydrogen-bond acceptors (Lipinski definition) is 1. The van der Waals surface area contributed by atoms with Crippen molar-refractivity contribution in [2.45, 2.75) is 45.6 Å². The lowest BCUT2D eigenvalue weighted by atomic mass is 9.52. The highest BCUT2D eigenvalue weighted by molar-refractivity contribution is 5.07. The second kappa shape index (κ2) is 2.22. The van der Waals surface area contributed by atoms with Gasteiger partial charge in [-0.15, -0.1) is 0 Å². The van der Waals surface area contributed by atoms with Crippen molar-refractivity contribution in [2.75, 3.05) is 0 Å². The standard InChI is InChI=1S/C10H18O/c1-3-10(2)8-6-4-5-7(8)9(10)11/h7-9,11H,3-6H2,1-2H3. The summed E-state index contributed by atoms with van der Waals surface area (Å²) in [5.41, 5.74) is 0.279. The molecule has 0 aliphatic heterocycles. The molecule has 2 aliphatic carbocycles. The van der Waals surface area contributed by atoms with Crippen molar-refractivity contribution in [2.24, 2.45) is 17.3 Å². The van der Waals surface area contributed by atoms with Crippen LogP contribution in [0.25, 0.3) is 0 Å². The van der Waals surface area contributed by atoms with Gasteiger partial charge in [0.05, 0.1) is 6.10 Å². The van der Waals surface area contributed by atoms with E-state index in [9.17, 15) is 5.11 Å². The Morgan fingerprint density at radius 1 is 1.45 bits per heavy atom. The fourth-order valence-electron chi connectivity index (χ4n) is 3.25. The van der Waals surface area contributed by atoms with Crippen LogP contribution >= 0.6 is 0 Å². The van der Waals surface area contributed by atoms with Crippen LogP contribution in [0, 0.1) is 17.3 Å². The van der Waals surface area contributed by atoms with Gasteiger partial charge in [-0.05, 0) is 36.5 Å². The van der Waals surface area contributed by atoms with Gasteiger partial charge in [0.2, 0.25) is 0 Å². The molecule has 0 radical (unpaired) electrons. The molecule has 4 atom stereocenters. The molecule has 0 heterocycles. The van der Waals surface area contributed by atoms with Gasteiger partial charge in [0.15, 0.2) is 0 Å². The fourth-order valence-corrected chi connectivity index (χ4v) is 3.25. The third kappa shape index (κ3) is 0.752. The number of hydrogen-bond donors (Lipinski definition) is 1. The van der Waals surface area contributed by atoms with Crippen LogP contribution in [-0.2, 0) is 0 Å².